The number of fused-ring (bicyclic) bond motifs is 2. The molecule has 1 aromatic rings. The molecule has 0 spiro atoms. The molecule has 2 fully saturated rings. The van der Waals surface area contributed by atoms with Crippen LogP contribution in [0.1, 0.15) is 31.2 Å². The highest BCUT2D eigenvalue weighted by atomic mass is 19.1. The highest BCUT2D eigenvalue weighted by molar-refractivity contribution is 5.28. The molecule has 2 bridgehead atoms. The Kier molecular flexibility index (Phi) is 3.46. The van der Waals surface area contributed by atoms with Crippen molar-refractivity contribution in [1.82, 2.24) is 10.2 Å². The second-order valence-corrected chi connectivity index (χ2v) is 6.00. The normalized spacial score (nSPS) is 29.9. The van der Waals surface area contributed by atoms with Gasteiger partial charge in [-0.25, -0.2) is 4.39 Å². The monoisotopic (exact) mass is 264 g/mol. The first kappa shape index (κ1) is 12.9. The van der Waals surface area contributed by atoms with Crippen LogP contribution in [0.3, 0.4) is 0 Å². The third-order valence-electron chi connectivity index (χ3n) is 4.45. The fourth-order valence-corrected chi connectivity index (χ4v) is 3.53. The first-order valence-corrected chi connectivity index (χ1v) is 7.05. The number of phenolic OH excluding ortho intramolecular Hbond substituents is 1. The fourth-order valence-electron chi connectivity index (χ4n) is 3.53. The molecule has 2 unspecified atom stereocenters. The molecule has 2 aliphatic rings. The Labute approximate surface area is 113 Å². The molecule has 1 aromatic carbocycles. The Morgan fingerprint density at radius 3 is 2.58 bits per heavy atom. The molecular weight excluding hydrogens is 243 g/mol. The van der Waals surface area contributed by atoms with E-state index in [-0.39, 0.29) is 11.6 Å². The second kappa shape index (κ2) is 5.10. The molecule has 2 N–H and O–H groups in total. The van der Waals surface area contributed by atoms with Gasteiger partial charge in [-0.15, -0.1) is 0 Å². The summed E-state index contributed by atoms with van der Waals surface area (Å²) >= 11 is 0. The number of nitrogens with one attached hydrogen (secondary N) is 1. The lowest BCUT2D eigenvalue weighted by Gasteiger charge is -2.35. The molecule has 0 saturated carbocycles. The molecule has 2 heterocycles. The largest absolute Gasteiger partial charge is 0.508 e. The van der Waals surface area contributed by atoms with Crippen LogP contribution in [0.2, 0.25) is 0 Å². The molecular formula is C15H21FN2O. The van der Waals surface area contributed by atoms with Crippen LogP contribution < -0.4 is 5.32 Å². The van der Waals surface area contributed by atoms with Gasteiger partial charge in [0.1, 0.15) is 11.6 Å². The number of aromatic hydroxyl groups is 1. The smallest absolute Gasteiger partial charge is 0.127 e. The van der Waals surface area contributed by atoms with E-state index in [0.717, 1.165) is 11.6 Å². The summed E-state index contributed by atoms with van der Waals surface area (Å²) in [5.41, 5.74) is 0.839. The quantitative estimate of drug-likeness (QED) is 0.879. The Morgan fingerprint density at radius 1 is 1.26 bits per heavy atom. The van der Waals surface area contributed by atoms with Crippen LogP contribution in [-0.2, 0) is 6.54 Å². The Bertz CT molecular complexity index is 433. The summed E-state index contributed by atoms with van der Waals surface area (Å²) in [6, 6.07) is 6.18. The van der Waals surface area contributed by atoms with Crippen LogP contribution in [-0.4, -0.2) is 35.2 Å². The van der Waals surface area contributed by atoms with Crippen molar-refractivity contribution in [2.24, 2.45) is 0 Å². The summed E-state index contributed by atoms with van der Waals surface area (Å²) in [6.45, 7) is 0.690. The van der Waals surface area contributed by atoms with E-state index in [4.69, 9.17) is 0 Å². The Hall–Kier alpha value is -1.13. The zero-order chi connectivity index (χ0) is 13.4. The number of halogens is 1. The number of rotatable bonds is 3. The number of hydrogen-bond acceptors (Lipinski definition) is 3. The highest BCUT2D eigenvalue weighted by Crippen LogP contribution is 2.30. The number of hydrogen-bond donors (Lipinski definition) is 2. The molecule has 2 saturated heterocycles. The fraction of sp³-hybridized carbons (Fsp3) is 0.600. The molecule has 2 aliphatic heterocycles. The lowest BCUT2D eigenvalue weighted by molar-refractivity contribution is 0.165. The van der Waals surface area contributed by atoms with Gasteiger partial charge in [0.2, 0.25) is 0 Å². The summed E-state index contributed by atoms with van der Waals surface area (Å²) < 4.78 is 13.3. The van der Waals surface area contributed by atoms with Crippen LogP contribution >= 0.6 is 0 Å². The van der Waals surface area contributed by atoms with E-state index in [2.05, 4.69) is 17.3 Å². The van der Waals surface area contributed by atoms with E-state index >= 15 is 0 Å². The molecule has 0 amide bonds. The van der Waals surface area contributed by atoms with Crippen LogP contribution in [0.25, 0.3) is 0 Å². The number of phenols is 1. The van der Waals surface area contributed by atoms with Crippen LogP contribution in [0.5, 0.6) is 5.75 Å². The summed E-state index contributed by atoms with van der Waals surface area (Å²) in [7, 11) is 2.09. The van der Waals surface area contributed by atoms with Crippen LogP contribution in [0.15, 0.2) is 18.2 Å². The molecule has 19 heavy (non-hydrogen) atoms. The van der Waals surface area contributed by atoms with E-state index in [9.17, 15) is 9.50 Å². The van der Waals surface area contributed by atoms with Crippen LogP contribution in [0.4, 0.5) is 4.39 Å². The Morgan fingerprint density at radius 2 is 1.95 bits per heavy atom. The van der Waals surface area contributed by atoms with Gasteiger partial charge in [0, 0.05) is 30.7 Å². The van der Waals surface area contributed by atoms with Crippen molar-refractivity contribution in [3.8, 4) is 5.75 Å². The average Bonchev–Trinajstić information content (AvgIpc) is 2.66. The topological polar surface area (TPSA) is 35.5 Å². The van der Waals surface area contributed by atoms with Gasteiger partial charge >= 0.3 is 0 Å². The van der Waals surface area contributed by atoms with Crippen molar-refractivity contribution < 1.29 is 9.50 Å². The van der Waals surface area contributed by atoms with E-state index in [0.29, 0.717) is 24.7 Å². The summed E-state index contributed by atoms with van der Waals surface area (Å²) in [5, 5.41) is 13.1. The lowest BCUT2D eigenvalue weighted by Crippen LogP contribution is -2.46. The predicted molar refractivity (Wildman–Crippen MR) is 72.5 cm³/mol. The zero-order valence-corrected chi connectivity index (χ0v) is 11.3. The van der Waals surface area contributed by atoms with Gasteiger partial charge in [-0.2, -0.15) is 0 Å². The van der Waals surface area contributed by atoms with Gasteiger partial charge in [0.25, 0.3) is 0 Å². The van der Waals surface area contributed by atoms with Crippen molar-refractivity contribution in [2.75, 3.05) is 7.05 Å². The minimum Gasteiger partial charge on any atom is -0.508 e. The number of nitrogens with zero attached hydrogens (tertiary/aromatic N) is 1. The maximum absolute atomic E-state index is 13.3. The minimum absolute atomic E-state index is 0.00813. The van der Waals surface area contributed by atoms with E-state index in [1.807, 2.05) is 0 Å². The van der Waals surface area contributed by atoms with E-state index in [1.54, 1.807) is 6.07 Å². The summed E-state index contributed by atoms with van der Waals surface area (Å²) in [6.07, 6.45) is 4.92. The Balaban J connectivity index is 1.65. The lowest BCUT2D eigenvalue weighted by atomic mass is 9.98. The highest BCUT2D eigenvalue weighted by Gasteiger charge is 2.34. The summed E-state index contributed by atoms with van der Waals surface area (Å²) in [5.74, 6) is -0.359. The van der Waals surface area contributed by atoms with Gasteiger partial charge in [0.15, 0.2) is 0 Å². The SMILES string of the molecule is CN(Cc1cc(O)cc(F)c1)C1CC2CCC(C1)N2. The van der Waals surface area contributed by atoms with Crippen molar-refractivity contribution in [2.45, 2.75) is 50.4 Å². The van der Waals surface area contributed by atoms with Crippen molar-refractivity contribution in [1.29, 1.82) is 0 Å². The van der Waals surface area contributed by atoms with Gasteiger partial charge in [-0.05, 0) is 50.4 Å². The molecule has 3 nitrogen and oxygen atoms in total. The van der Waals surface area contributed by atoms with Gasteiger partial charge in [0.05, 0.1) is 0 Å². The van der Waals surface area contributed by atoms with Crippen molar-refractivity contribution in [3.05, 3.63) is 29.6 Å². The summed E-state index contributed by atoms with van der Waals surface area (Å²) in [4.78, 5) is 2.29. The van der Waals surface area contributed by atoms with E-state index < -0.39 is 0 Å². The van der Waals surface area contributed by atoms with Gasteiger partial charge < -0.3 is 10.4 Å². The third kappa shape index (κ3) is 2.90. The molecule has 104 valence electrons. The molecule has 0 aliphatic carbocycles. The first-order chi connectivity index (χ1) is 9.10. The standard InChI is InChI=1S/C15H21FN2O/c1-18(9-10-4-11(16)6-15(19)5-10)14-7-12-2-3-13(8-14)17-12/h4-6,12-14,17,19H,2-3,7-9H2,1H3. The van der Waals surface area contributed by atoms with E-state index in [1.165, 1.54) is 31.7 Å². The maximum atomic E-state index is 13.3. The molecule has 0 aromatic heterocycles. The number of piperidine rings is 1. The third-order valence-corrected chi connectivity index (χ3v) is 4.45. The first-order valence-electron chi connectivity index (χ1n) is 7.05. The average molecular weight is 264 g/mol. The van der Waals surface area contributed by atoms with Crippen molar-refractivity contribution >= 4 is 0 Å². The number of benzene rings is 1. The molecule has 0 radical (unpaired) electrons. The maximum Gasteiger partial charge on any atom is 0.127 e. The molecule has 2 atom stereocenters. The zero-order valence-electron chi connectivity index (χ0n) is 11.3. The second-order valence-electron chi connectivity index (χ2n) is 6.00. The minimum atomic E-state index is -0.367. The van der Waals surface area contributed by atoms with Gasteiger partial charge in [-0.3, -0.25) is 4.90 Å². The molecule has 3 rings (SSSR count). The van der Waals surface area contributed by atoms with Gasteiger partial charge in [-0.1, -0.05) is 0 Å². The molecule has 4 heteroatoms. The predicted octanol–water partition coefficient (Wildman–Crippen LogP) is 2.25. The van der Waals surface area contributed by atoms with Crippen molar-refractivity contribution in [3.63, 3.8) is 0 Å². The van der Waals surface area contributed by atoms with Crippen LogP contribution in [0, 0.1) is 5.82 Å².